The first-order valence-corrected chi connectivity index (χ1v) is 12.9. The molecule has 1 saturated heterocycles. The topological polar surface area (TPSA) is 53.0 Å². The second-order valence-electron chi connectivity index (χ2n) is 12.6. The van der Waals surface area contributed by atoms with Gasteiger partial charge in [-0.05, 0) is 73.2 Å². The highest BCUT2D eigenvalue weighted by molar-refractivity contribution is 5.43. The van der Waals surface area contributed by atoms with E-state index >= 15 is 0 Å². The van der Waals surface area contributed by atoms with Gasteiger partial charge >= 0.3 is 0 Å². The lowest BCUT2D eigenvalue weighted by molar-refractivity contribution is -0.0516. The van der Waals surface area contributed by atoms with Crippen molar-refractivity contribution in [3.8, 4) is 0 Å². The highest BCUT2D eigenvalue weighted by atomic mass is 16.6. The number of fused-ring (bicyclic) bond motifs is 3. The lowest BCUT2D eigenvalue weighted by atomic mass is 9.48. The van der Waals surface area contributed by atoms with Crippen LogP contribution in [0, 0.1) is 34.5 Å². The first kappa shape index (κ1) is 21.5. The summed E-state index contributed by atoms with van der Waals surface area (Å²) in [6.45, 7) is 12.1. The lowest BCUT2D eigenvalue weighted by Gasteiger charge is -2.56. The third-order valence-electron chi connectivity index (χ3n) is 10.6. The van der Waals surface area contributed by atoms with Crippen LogP contribution in [0.3, 0.4) is 0 Å². The van der Waals surface area contributed by atoms with Gasteiger partial charge in [0.05, 0.1) is 6.10 Å². The van der Waals surface area contributed by atoms with Crippen LogP contribution in [0.25, 0.3) is 0 Å². The quantitative estimate of drug-likeness (QED) is 0.451. The number of hydrogen-bond acceptors (Lipinski definition) is 3. The van der Waals surface area contributed by atoms with Crippen LogP contribution < -0.4 is 0 Å². The van der Waals surface area contributed by atoms with E-state index in [0.29, 0.717) is 5.92 Å². The molecule has 3 heteroatoms. The molecular formula is C27H44O3. The maximum Gasteiger partial charge on any atom is 0.118 e. The number of epoxide rings is 1. The van der Waals surface area contributed by atoms with Crippen LogP contribution in [-0.4, -0.2) is 34.1 Å². The minimum atomic E-state index is -0.446. The molecule has 0 unspecified atom stereocenters. The van der Waals surface area contributed by atoms with Crippen LogP contribution in [0.2, 0.25) is 0 Å². The minimum Gasteiger partial charge on any atom is -0.393 e. The van der Waals surface area contributed by atoms with Crippen LogP contribution in [0.15, 0.2) is 11.1 Å². The van der Waals surface area contributed by atoms with Gasteiger partial charge in [0, 0.05) is 11.8 Å². The molecule has 5 aliphatic rings. The summed E-state index contributed by atoms with van der Waals surface area (Å²) < 4.78 is 6.33. The standard InChI is InChI=1S/C27H44O3/c1-16(2)7-6-8-17(3)19-9-10-20-22-21(12-13-25(19,20)4)26(5)14-11-18(28)15-27(26)24(30-27)23(22)29/h16-19,21,23-24,28-29H,6-15H2,1-5H3/t17-,18+,19-,21+,23+,24+,25-,26-,27+/m1/s1. The fraction of sp³-hybridized carbons (Fsp3) is 0.926. The normalized spacial score (nSPS) is 50.6. The zero-order chi connectivity index (χ0) is 21.5. The summed E-state index contributed by atoms with van der Waals surface area (Å²) in [5, 5.41) is 21.8. The van der Waals surface area contributed by atoms with E-state index in [4.69, 9.17) is 4.74 Å². The van der Waals surface area contributed by atoms with E-state index in [0.717, 1.165) is 37.0 Å². The van der Waals surface area contributed by atoms with E-state index in [1.54, 1.807) is 5.57 Å². The molecule has 1 heterocycles. The van der Waals surface area contributed by atoms with Gasteiger partial charge in [-0.15, -0.1) is 0 Å². The Morgan fingerprint density at radius 1 is 1.03 bits per heavy atom. The summed E-state index contributed by atoms with van der Waals surface area (Å²) >= 11 is 0. The second-order valence-corrected chi connectivity index (χ2v) is 12.6. The third-order valence-corrected chi connectivity index (χ3v) is 10.6. The van der Waals surface area contributed by atoms with E-state index < -0.39 is 6.10 Å². The molecule has 4 aliphatic carbocycles. The Balaban J connectivity index is 1.44. The lowest BCUT2D eigenvalue weighted by Crippen LogP contribution is -2.57. The summed E-state index contributed by atoms with van der Waals surface area (Å²) in [5.74, 6) is 2.76. The molecule has 3 nitrogen and oxygen atoms in total. The van der Waals surface area contributed by atoms with Gasteiger partial charge in [0.15, 0.2) is 0 Å². The molecule has 0 bridgehead atoms. The molecule has 3 saturated carbocycles. The zero-order valence-electron chi connectivity index (χ0n) is 19.9. The van der Waals surface area contributed by atoms with Crippen LogP contribution in [0.1, 0.15) is 98.8 Å². The first-order chi connectivity index (χ1) is 14.1. The van der Waals surface area contributed by atoms with Crippen molar-refractivity contribution in [2.75, 3.05) is 0 Å². The van der Waals surface area contributed by atoms with Gasteiger partial charge < -0.3 is 14.9 Å². The number of aliphatic hydroxyl groups is 2. The van der Waals surface area contributed by atoms with Gasteiger partial charge in [0.2, 0.25) is 0 Å². The Hall–Kier alpha value is -0.380. The summed E-state index contributed by atoms with van der Waals surface area (Å²) in [6, 6.07) is 0. The zero-order valence-corrected chi connectivity index (χ0v) is 19.9. The SMILES string of the molecule is CC(C)CCC[C@@H](C)[C@H]1CCC2=C3[C@H](O)[C@@H]4O[C@@]45C[C@@H](O)CC[C@]5(C)[C@H]3CC[C@@]21C. The molecule has 1 spiro atoms. The third kappa shape index (κ3) is 2.80. The van der Waals surface area contributed by atoms with Crippen LogP contribution in [-0.2, 0) is 4.74 Å². The van der Waals surface area contributed by atoms with Crippen molar-refractivity contribution in [1.82, 2.24) is 0 Å². The average molecular weight is 417 g/mol. The molecule has 5 rings (SSSR count). The van der Waals surface area contributed by atoms with Gasteiger partial charge in [-0.2, -0.15) is 0 Å². The predicted octanol–water partition coefficient (Wildman–Crippen LogP) is 5.63. The van der Waals surface area contributed by atoms with E-state index in [1.165, 1.54) is 50.5 Å². The molecule has 0 radical (unpaired) electrons. The molecule has 0 aromatic rings. The number of aliphatic hydroxyl groups excluding tert-OH is 2. The van der Waals surface area contributed by atoms with E-state index in [1.807, 2.05) is 0 Å². The highest BCUT2D eigenvalue weighted by Gasteiger charge is 2.77. The van der Waals surface area contributed by atoms with Crippen LogP contribution in [0.5, 0.6) is 0 Å². The van der Waals surface area contributed by atoms with Gasteiger partial charge in [0.25, 0.3) is 0 Å². The van der Waals surface area contributed by atoms with Crippen molar-refractivity contribution >= 4 is 0 Å². The Kier molecular flexibility index (Phi) is 5.05. The van der Waals surface area contributed by atoms with E-state index in [9.17, 15) is 10.2 Å². The summed E-state index contributed by atoms with van der Waals surface area (Å²) in [7, 11) is 0. The minimum absolute atomic E-state index is 0.0823. The monoisotopic (exact) mass is 416 g/mol. The average Bonchev–Trinajstić information content (AvgIpc) is 3.29. The van der Waals surface area contributed by atoms with Crippen molar-refractivity contribution in [2.24, 2.45) is 34.5 Å². The maximum atomic E-state index is 11.5. The van der Waals surface area contributed by atoms with Crippen molar-refractivity contribution in [3.63, 3.8) is 0 Å². The Labute approximate surface area is 183 Å². The summed E-state index contributed by atoms with van der Waals surface area (Å²) in [6.07, 6.45) is 10.8. The Morgan fingerprint density at radius 2 is 1.80 bits per heavy atom. The molecule has 170 valence electrons. The van der Waals surface area contributed by atoms with Gasteiger partial charge in [0.1, 0.15) is 17.8 Å². The van der Waals surface area contributed by atoms with E-state index in [2.05, 4.69) is 34.6 Å². The van der Waals surface area contributed by atoms with Crippen LogP contribution >= 0.6 is 0 Å². The predicted molar refractivity (Wildman–Crippen MR) is 120 cm³/mol. The number of hydrogen-bond donors (Lipinski definition) is 2. The molecule has 1 aliphatic heterocycles. The maximum absolute atomic E-state index is 11.5. The molecule has 0 aromatic carbocycles. The largest absolute Gasteiger partial charge is 0.393 e. The first-order valence-electron chi connectivity index (χ1n) is 12.9. The molecular weight excluding hydrogens is 372 g/mol. The molecule has 0 aromatic heterocycles. The van der Waals surface area contributed by atoms with Crippen LogP contribution in [0.4, 0.5) is 0 Å². The van der Waals surface area contributed by atoms with Crippen molar-refractivity contribution in [3.05, 3.63) is 11.1 Å². The number of rotatable bonds is 5. The second kappa shape index (κ2) is 7.06. The Morgan fingerprint density at radius 3 is 2.53 bits per heavy atom. The van der Waals surface area contributed by atoms with E-state index in [-0.39, 0.29) is 28.6 Å². The fourth-order valence-electron chi connectivity index (χ4n) is 8.89. The molecule has 0 amide bonds. The number of ether oxygens (including phenoxy) is 1. The number of allylic oxidation sites excluding steroid dienone is 1. The van der Waals surface area contributed by atoms with Crippen molar-refractivity contribution < 1.29 is 14.9 Å². The van der Waals surface area contributed by atoms with Gasteiger partial charge in [-0.3, -0.25) is 0 Å². The molecule has 4 fully saturated rings. The summed E-state index contributed by atoms with van der Waals surface area (Å²) in [4.78, 5) is 0. The summed E-state index contributed by atoms with van der Waals surface area (Å²) in [5.41, 5.74) is 3.08. The fourth-order valence-corrected chi connectivity index (χ4v) is 8.89. The molecule has 2 N–H and O–H groups in total. The van der Waals surface area contributed by atoms with Crippen molar-refractivity contribution in [2.45, 2.75) is 123 Å². The Bertz CT molecular complexity index is 728. The van der Waals surface area contributed by atoms with Gasteiger partial charge in [-0.25, -0.2) is 0 Å². The molecule has 9 atom stereocenters. The smallest absolute Gasteiger partial charge is 0.118 e. The highest BCUT2D eigenvalue weighted by Crippen LogP contribution is 2.72. The van der Waals surface area contributed by atoms with Gasteiger partial charge in [-0.1, -0.05) is 59.5 Å². The molecule has 30 heavy (non-hydrogen) atoms. The van der Waals surface area contributed by atoms with Crippen molar-refractivity contribution in [1.29, 1.82) is 0 Å².